The van der Waals surface area contributed by atoms with Crippen molar-refractivity contribution in [1.29, 1.82) is 0 Å². The Hall–Kier alpha value is -2.11. The van der Waals surface area contributed by atoms with E-state index in [-0.39, 0.29) is 11.0 Å². The summed E-state index contributed by atoms with van der Waals surface area (Å²) in [4.78, 5) is 22.2. The van der Waals surface area contributed by atoms with Crippen LogP contribution in [0.5, 0.6) is 5.75 Å². The third-order valence-electron chi connectivity index (χ3n) is 4.19. The molecule has 1 aliphatic carbocycles. The largest absolute Gasteiger partial charge is 0.502 e. The van der Waals surface area contributed by atoms with E-state index in [2.05, 4.69) is 12.2 Å². The third-order valence-corrected chi connectivity index (χ3v) is 4.19. The lowest BCUT2D eigenvalue weighted by atomic mass is 9.76. The smallest absolute Gasteiger partial charge is 0.311 e. The molecule has 114 valence electrons. The minimum atomic E-state index is -0.700. The molecule has 0 heterocycles. The van der Waals surface area contributed by atoms with Crippen LogP contribution in [-0.4, -0.2) is 22.5 Å². The van der Waals surface area contributed by atoms with Gasteiger partial charge in [-0.1, -0.05) is 32.3 Å². The maximum Gasteiger partial charge on any atom is 0.311 e. The second kappa shape index (κ2) is 6.11. The molecule has 1 aromatic carbocycles. The molecule has 6 heteroatoms. The fourth-order valence-electron chi connectivity index (χ4n) is 2.83. The number of phenolic OH excluding ortho intramolecular Hbond substituents is 1. The summed E-state index contributed by atoms with van der Waals surface area (Å²) in [6, 6.07) is 3.96. The number of aromatic hydroxyl groups is 1. The zero-order chi connectivity index (χ0) is 15.5. The molecule has 1 aromatic rings. The first-order valence-corrected chi connectivity index (χ1v) is 7.17. The van der Waals surface area contributed by atoms with Crippen molar-refractivity contribution in [2.24, 2.45) is 5.41 Å². The van der Waals surface area contributed by atoms with Crippen molar-refractivity contribution in [2.45, 2.75) is 39.0 Å². The summed E-state index contributed by atoms with van der Waals surface area (Å²) in [6.07, 6.45) is 5.68. The molecule has 0 saturated heterocycles. The Morgan fingerprint density at radius 3 is 2.67 bits per heavy atom. The van der Waals surface area contributed by atoms with Crippen molar-refractivity contribution in [2.75, 3.05) is 6.54 Å². The van der Waals surface area contributed by atoms with Crippen molar-refractivity contribution >= 4 is 11.6 Å². The number of nitro benzene ring substituents is 1. The lowest BCUT2D eigenvalue weighted by Crippen LogP contribution is -2.37. The molecule has 2 rings (SSSR count). The molecule has 0 atom stereocenters. The molecular formula is C15H20N2O4. The van der Waals surface area contributed by atoms with Crippen molar-refractivity contribution in [3.63, 3.8) is 0 Å². The number of phenols is 1. The second-order valence-corrected chi connectivity index (χ2v) is 5.98. The Bertz CT molecular complexity index is 551. The molecule has 1 fully saturated rings. The molecule has 0 bridgehead atoms. The van der Waals surface area contributed by atoms with Gasteiger partial charge in [0.05, 0.1) is 10.5 Å². The van der Waals surface area contributed by atoms with E-state index in [4.69, 9.17) is 0 Å². The standard InChI is InChI=1S/C15H20N2O4/c1-15(8-3-2-4-9-15)10-16-14(19)11-6-5-7-12(13(11)18)17(20)21/h5-7,18H,2-4,8-10H2,1H3,(H,16,19). The van der Waals surface area contributed by atoms with Gasteiger partial charge in [0.15, 0.2) is 0 Å². The highest BCUT2D eigenvalue weighted by Gasteiger charge is 2.28. The van der Waals surface area contributed by atoms with Crippen molar-refractivity contribution in [3.8, 4) is 5.75 Å². The van der Waals surface area contributed by atoms with Gasteiger partial charge in [0.25, 0.3) is 5.91 Å². The first kappa shape index (κ1) is 15.3. The van der Waals surface area contributed by atoms with Gasteiger partial charge < -0.3 is 10.4 Å². The SMILES string of the molecule is CC1(CNC(=O)c2cccc([N+](=O)[O-])c2O)CCCCC1. The molecule has 1 amide bonds. The van der Waals surface area contributed by atoms with Crippen LogP contribution in [0.3, 0.4) is 0 Å². The summed E-state index contributed by atoms with van der Waals surface area (Å²) in [5.74, 6) is -1.04. The van der Waals surface area contributed by atoms with Gasteiger partial charge in [0, 0.05) is 12.6 Å². The summed E-state index contributed by atoms with van der Waals surface area (Å²) in [7, 11) is 0. The van der Waals surface area contributed by atoms with Crippen LogP contribution < -0.4 is 5.32 Å². The van der Waals surface area contributed by atoms with Crippen molar-refractivity contribution < 1.29 is 14.8 Å². The number of hydrogen-bond acceptors (Lipinski definition) is 4. The van der Waals surface area contributed by atoms with Crippen LogP contribution in [0.4, 0.5) is 5.69 Å². The predicted molar refractivity (Wildman–Crippen MR) is 78.3 cm³/mol. The summed E-state index contributed by atoms with van der Waals surface area (Å²) in [6.45, 7) is 2.66. The Morgan fingerprint density at radius 2 is 2.05 bits per heavy atom. The first-order chi connectivity index (χ1) is 9.93. The van der Waals surface area contributed by atoms with Crippen LogP contribution in [0.2, 0.25) is 0 Å². The average Bonchev–Trinajstić information content (AvgIpc) is 2.45. The highest BCUT2D eigenvalue weighted by atomic mass is 16.6. The normalized spacial score (nSPS) is 17.2. The van der Waals surface area contributed by atoms with Crippen LogP contribution in [0.25, 0.3) is 0 Å². The van der Waals surface area contributed by atoms with Gasteiger partial charge in [-0.05, 0) is 24.3 Å². The zero-order valence-electron chi connectivity index (χ0n) is 12.1. The highest BCUT2D eigenvalue weighted by Crippen LogP contribution is 2.35. The van der Waals surface area contributed by atoms with E-state index in [0.717, 1.165) is 25.7 Å². The molecule has 6 nitrogen and oxygen atoms in total. The van der Waals surface area contributed by atoms with Gasteiger partial charge in [-0.2, -0.15) is 0 Å². The number of carbonyl (C=O) groups excluding carboxylic acids is 1. The van der Waals surface area contributed by atoms with Crippen LogP contribution in [0.15, 0.2) is 18.2 Å². The second-order valence-electron chi connectivity index (χ2n) is 5.98. The van der Waals surface area contributed by atoms with Crippen LogP contribution in [0, 0.1) is 15.5 Å². The molecule has 2 N–H and O–H groups in total. The number of nitrogens with one attached hydrogen (secondary N) is 1. The summed E-state index contributed by atoms with van der Waals surface area (Å²) < 4.78 is 0. The molecule has 1 saturated carbocycles. The lowest BCUT2D eigenvalue weighted by molar-refractivity contribution is -0.385. The highest BCUT2D eigenvalue weighted by molar-refractivity contribution is 5.98. The number of rotatable bonds is 4. The van der Waals surface area contributed by atoms with E-state index in [0.29, 0.717) is 6.54 Å². The first-order valence-electron chi connectivity index (χ1n) is 7.17. The number of nitrogens with zero attached hydrogens (tertiary/aromatic N) is 1. The Labute approximate surface area is 123 Å². The van der Waals surface area contributed by atoms with E-state index in [9.17, 15) is 20.0 Å². The molecule has 0 radical (unpaired) electrons. The number of para-hydroxylation sites is 1. The van der Waals surface area contributed by atoms with Gasteiger partial charge >= 0.3 is 5.69 Å². The van der Waals surface area contributed by atoms with Crippen LogP contribution >= 0.6 is 0 Å². The van der Waals surface area contributed by atoms with Crippen LogP contribution in [-0.2, 0) is 0 Å². The number of hydrogen-bond donors (Lipinski definition) is 2. The fourth-order valence-corrected chi connectivity index (χ4v) is 2.83. The van der Waals surface area contributed by atoms with E-state index < -0.39 is 22.3 Å². The molecule has 0 spiro atoms. The summed E-state index contributed by atoms with van der Waals surface area (Å²) >= 11 is 0. The van der Waals surface area contributed by atoms with Crippen molar-refractivity contribution in [1.82, 2.24) is 5.32 Å². The topological polar surface area (TPSA) is 92.5 Å². The molecular weight excluding hydrogens is 272 g/mol. The quantitative estimate of drug-likeness (QED) is 0.659. The fraction of sp³-hybridized carbons (Fsp3) is 0.533. The lowest BCUT2D eigenvalue weighted by Gasteiger charge is -2.33. The molecule has 1 aliphatic rings. The Morgan fingerprint density at radius 1 is 1.38 bits per heavy atom. The van der Waals surface area contributed by atoms with Crippen molar-refractivity contribution in [3.05, 3.63) is 33.9 Å². The van der Waals surface area contributed by atoms with E-state index >= 15 is 0 Å². The molecule has 21 heavy (non-hydrogen) atoms. The number of benzene rings is 1. The maximum atomic E-state index is 12.1. The Balaban J connectivity index is 2.07. The molecule has 0 aliphatic heterocycles. The van der Waals surface area contributed by atoms with E-state index in [1.807, 2.05) is 0 Å². The summed E-state index contributed by atoms with van der Waals surface area (Å²) in [5.41, 5.74) is -0.431. The van der Waals surface area contributed by atoms with Gasteiger partial charge in [-0.3, -0.25) is 14.9 Å². The number of nitro groups is 1. The minimum Gasteiger partial charge on any atom is -0.502 e. The predicted octanol–water partition coefficient (Wildman–Crippen LogP) is 3.00. The Kier molecular flexibility index (Phi) is 4.45. The number of amides is 1. The summed E-state index contributed by atoms with van der Waals surface area (Å²) in [5, 5.41) is 23.4. The van der Waals surface area contributed by atoms with E-state index in [1.54, 1.807) is 0 Å². The maximum absolute atomic E-state index is 12.1. The zero-order valence-corrected chi connectivity index (χ0v) is 12.1. The van der Waals surface area contributed by atoms with E-state index in [1.165, 1.54) is 24.6 Å². The third kappa shape index (κ3) is 3.51. The van der Waals surface area contributed by atoms with Gasteiger partial charge in [-0.15, -0.1) is 0 Å². The minimum absolute atomic E-state index is 0.0522. The molecule has 0 unspecified atom stereocenters. The monoisotopic (exact) mass is 292 g/mol. The van der Waals surface area contributed by atoms with Crippen LogP contribution in [0.1, 0.15) is 49.4 Å². The molecule has 0 aromatic heterocycles. The number of carbonyl (C=O) groups is 1. The average molecular weight is 292 g/mol. The van der Waals surface area contributed by atoms with Gasteiger partial charge in [0.1, 0.15) is 0 Å². The van der Waals surface area contributed by atoms with Gasteiger partial charge in [0.2, 0.25) is 5.75 Å². The van der Waals surface area contributed by atoms with Gasteiger partial charge in [-0.25, -0.2) is 0 Å².